The summed E-state index contributed by atoms with van der Waals surface area (Å²) in [4.78, 5) is 15.1. The van der Waals surface area contributed by atoms with Crippen molar-refractivity contribution in [1.29, 1.82) is 0 Å². The second-order valence-corrected chi connectivity index (χ2v) is 20.4. The monoisotopic (exact) mass is 865 g/mol. The summed E-state index contributed by atoms with van der Waals surface area (Å²) >= 11 is 0.785. The van der Waals surface area contributed by atoms with Gasteiger partial charge in [0.05, 0.1) is 28.9 Å². The Kier molecular flexibility index (Phi) is 12.3. The minimum absolute atomic E-state index is 0.211. The van der Waals surface area contributed by atoms with Crippen molar-refractivity contribution in [3.63, 3.8) is 0 Å². The topological polar surface area (TPSA) is 236 Å². The summed E-state index contributed by atoms with van der Waals surface area (Å²) in [7, 11) is -13.6. The number of carbonyl (C=O) groups is 1. The van der Waals surface area contributed by atoms with Gasteiger partial charge in [-0.1, -0.05) is 49.1 Å². The number of allylic oxidation sites excluding steroid dienone is 8. The molecule has 0 amide bonds. The zero-order valence-corrected chi connectivity index (χ0v) is 34.5. The molecule has 2 aromatic rings. The summed E-state index contributed by atoms with van der Waals surface area (Å²) in [6.07, 6.45) is 13.4. The van der Waals surface area contributed by atoms with Gasteiger partial charge < -0.3 is 10.0 Å². The molecule has 0 aromatic heterocycles. The first-order valence-corrected chi connectivity index (χ1v) is 23.6. The first kappa shape index (κ1) is 43.1. The number of aliphatic hydroxyl groups is 1. The molecule has 5 N–H and O–H groups in total. The number of hydrogen-bond donors (Lipinski definition) is 5. The van der Waals surface area contributed by atoms with E-state index in [9.17, 15) is 48.8 Å². The van der Waals surface area contributed by atoms with Crippen LogP contribution < -0.4 is 4.90 Å². The average Bonchev–Trinajstić information content (AvgIpc) is 3.65. The van der Waals surface area contributed by atoms with Crippen LogP contribution in [0.25, 0.3) is 0 Å². The van der Waals surface area contributed by atoms with Crippen LogP contribution in [0, 0.1) is 0 Å². The molecule has 2 atom stereocenters. The van der Waals surface area contributed by atoms with E-state index >= 15 is 0 Å². The molecule has 2 saturated carbocycles. The molecule has 2 aliphatic heterocycles. The van der Waals surface area contributed by atoms with E-state index in [-0.39, 0.29) is 18.0 Å². The Balaban J connectivity index is 1.36. The van der Waals surface area contributed by atoms with Gasteiger partial charge in [0.25, 0.3) is 30.4 Å². The number of Topliss-reactive ketones (excluding diaryl/α,β-unsaturated/α-hetero) is 1. The quantitative estimate of drug-likeness (QED) is 0.0404. The van der Waals surface area contributed by atoms with Gasteiger partial charge in [0.1, 0.15) is 17.6 Å². The van der Waals surface area contributed by atoms with E-state index in [1.165, 1.54) is 18.2 Å². The van der Waals surface area contributed by atoms with Crippen LogP contribution in [0.15, 0.2) is 93.4 Å². The van der Waals surface area contributed by atoms with Gasteiger partial charge in [-0.25, -0.2) is 5.26 Å². The minimum Gasteiger partial charge on any atom is -0.385 e. The van der Waals surface area contributed by atoms with Crippen LogP contribution in [-0.2, 0) is 50.3 Å². The van der Waals surface area contributed by atoms with Crippen molar-refractivity contribution in [1.82, 2.24) is 0 Å². The van der Waals surface area contributed by atoms with E-state index in [1.807, 2.05) is 50.3 Å². The largest absolute Gasteiger partial charge is 0.385 e. The highest BCUT2D eigenvalue weighted by molar-refractivity contribution is 7.94. The predicted molar refractivity (Wildman–Crippen MR) is 214 cm³/mol. The van der Waals surface area contributed by atoms with E-state index in [4.69, 9.17) is 5.26 Å². The SMILES string of the molecule is CC(C=CC=C1N(CC(=O)CS(=O)(=O)O)c2ccc(SOO)cc2C12CCCCC2)=CC=C1CCC2(C)C1=[N+](CC(O)CS(=O)(=O)O)c1ccc(S(=O)(=O)O)cc12. The Morgan fingerprint density at radius 3 is 2.33 bits per heavy atom. The molecule has 19 heteroatoms. The van der Waals surface area contributed by atoms with Crippen molar-refractivity contribution >= 4 is 65.3 Å². The molecule has 2 aromatic carbocycles. The smallest absolute Gasteiger partial charge is 0.294 e. The second kappa shape index (κ2) is 16.3. The van der Waals surface area contributed by atoms with Crippen molar-refractivity contribution < 1.29 is 63.0 Å². The summed E-state index contributed by atoms with van der Waals surface area (Å²) < 4.78 is 105. The molecule has 2 fully saturated rings. The molecule has 1 spiro atoms. The van der Waals surface area contributed by atoms with E-state index in [0.717, 1.165) is 72.3 Å². The van der Waals surface area contributed by atoms with Crippen LogP contribution in [0.1, 0.15) is 69.9 Å². The van der Waals surface area contributed by atoms with E-state index in [2.05, 4.69) is 4.33 Å². The molecule has 2 heterocycles. The maximum atomic E-state index is 13.0. The molecule has 57 heavy (non-hydrogen) atoms. The van der Waals surface area contributed by atoms with Gasteiger partial charge >= 0.3 is 0 Å². The van der Waals surface area contributed by atoms with Gasteiger partial charge in [0.2, 0.25) is 5.69 Å². The van der Waals surface area contributed by atoms with Gasteiger partial charge in [0.15, 0.2) is 18.0 Å². The third kappa shape index (κ3) is 9.22. The van der Waals surface area contributed by atoms with Crippen LogP contribution in [0.5, 0.6) is 0 Å². The summed E-state index contributed by atoms with van der Waals surface area (Å²) in [5.41, 5.74) is 4.70. The van der Waals surface area contributed by atoms with Crippen LogP contribution in [0.4, 0.5) is 11.4 Å². The van der Waals surface area contributed by atoms with E-state index < -0.39 is 64.6 Å². The molecule has 4 aliphatic rings. The lowest BCUT2D eigenvalue weighted by molar-refractivity contribution is -0.448. The Bertz CT molecular complexity index is 2460. The molecule has 6 rings (SSSR count). The number of ketones is 1. The zero-order valence-electron chi connectivity index (χ0n) is 31.2. The molecule has 0 saturated heterocycles. The summed E-state index contributed by atoms with van der Waals surface area (Å²) in [5, 5.41) is 19.8. The lowest BCUT2D eigenvalue weighted by Gasteiger charge is -2.37. The number of nitrogens with zero attached hydrogens (tertiary/aromatic N) is 2. The molecular weight excluding hydrogens is 821 g/mol. The average molecular weight is 866 g/mol. The lowest BCUT2D eigenvalue weighted by atomic mass is 9.68. The standard InChI is InChI=1S/C38H44N2O13S4/c1-25(9-10-26-15-18-37(2)31-20-30(57(50,51)52)12-14-33(31)40(36(26)37)22-28(42)24-56(47,48)49)7-6-8-35-38(16-4-3-5-17-38)32-19-29(54-53-43)11-13-34(32)39(35)21-27(41)23-55(44,45)46/h6-14,19-20,28,42H,3-5,15-18,21-24H2,1-2H3,(H3-,43,44,45,46,47,48,49,50,51,52)/p+1. The maximum Gasteiger partial charge on any atom is 0.294 e. The fourth-order valence-corrected chi connectivity index (χ4v) is 10.9. The first-order chi connectivity index (χ1) is 26.6. The number of aliphatic hydroxyl groups excluding tert-OH is 1. The summed E-state index contributed by atoms with van der Waals surface area (Å²) in [5.74, 6) is -2.62. The Labute approximate surface area is 336 Å². The molecule has 2 aliphatic carbocycles. The highest BCUT2D eigenvalue weighted by Gasteiger charge is 2.54. The van der Waals surface area contributed by atoms with Gasteiger partial charge in [-0.2, -0.15) is 34.2 Å². The van der Waals surface area contributed by atoms with Crippen molar-refractivity contribution in [2.24, 2.45) is 0 Å². The van der Waals surface area contributed by atoms with Crippen molar-refractivity contribution in [3.8, 4) is 0 Å². The fourth-order valence-electron chi connectivity index (χ4n) is 8.90. The zero-order chi connectivity index (χ0) is 41.6. The van der Waals surface area contributed by atoms with Gasteiger partial charge in [-0.15, -0.1) is 0 Å². The van der Waals surface area contributed by atoms with Crippen LogP contribution in [0.3, 0.4) is 0 Å². The lowest BCUT2D eigenvalue weighted by Crippen LogP contribution is -2.36. The summed E-state index contributed by atoms with van der Waals surface area (Å²) in [6, 6.07) is 9.57. The van der Waals surface area contributed by atoms with Gasteiger partial charge in [-0.3, -0.25) is 18.5 Å². The highest BCUT2D eigenvalue weighted by Crippen LogP contribution is 2.56. The number of hydrogen-bond acceptors (Lipinski definition) is 12. The molecule has 2 unspecified atom stereocenters. The Hall–Kier alpha value is -3.50. The Morgan fingerprint density at radius 2 is 1.68 bits per heavy atom. The molecule has 0 bridgehead atoms. The third-order valence-corrected chi connectivity index (χ3v) is 14.0. The number of rotatable bonds is 14. The fraction of sp³-hybridized carbons (Fsp3) is 0.421. The van der Waals surface area contributed by atoms with Crippen molar-refractivity contribution in [3.05, 3.63) is 94.7 Å². The molecular formula is C38H45N2O13S4+. The van der Waals surface area contributed by atoms with Crippen molar-refractivity contribution in [2.75, 3.05) is 29.5 Å². The van der Waals surface area contributed by atoms with Crippen LogP contribution >= 0.6 is 12.0 Å². The van der Waals surface area contributed by atoms with Gasteiger partial charge in [0, 0.05) is 38.9 Å². The number of fused-ring (bicyclic) bond motifs is 5. The molecule has 308 valence electrons. The van der Waals surface area contributed by atoms with Crippen LogP contribution in [-0.4, -0.2) is 96.0 Å². The number of carbonyl (C=O) groups excluding carboxylic acids is 1. The third-order valence-electron chi connectivity index (χ3n) is 11.2. The highest BCUT2D eigenvalue weighted by atomic mass is 32.2. The minimum atomic E-state index is -4.55. The van der Waals surface area contributed by atoms with Gasteiger partial charge in [-0.05, 0) is 81.5 Å². The van der Waals surface area contributed by atoms with E-state index in [1.54, 1.807) is 21.6 Å². The number of benzene rings is 2. The summed E-state index contributed by atoms with van der Waals surface area (Å²) in [6.45, 7) is 3.29. The molecule has 0 radical (unpaired) electrons. The molecule has 15 nitrogen and oxygen atoms in total. The first-order valence-electron chi connectivity index (χ1n) is 18.2. The normalized spacial score (nSPS) is 22.9. The van der Waals surface area contributed by atoms with E-state index in [0.29, 0.717) is 34.7 Å². The second-order valence-electron chi connectivity index (χ2n) is 15.2. The maximum absolute atomic E-state index is 13.0. The number of β-amino-alcohol motifs (C(OH)–C–C–N with tert-alkyl or cyclic N) is 1. The van der Waals surface area contributed by atoms with Crippen LogP contribution in [0.2, 0.25) is 0 Å². The van der Waals surface area contributed by atoms with Crippen molar-refractivity contribution in [2.45, 2.75) is 85.5 Å². The Morgan fingerprint density at radius 1 is 0.965 bits per heavy atom. The number of anilines is 1. The predicted octanol–water partition coefficient (Wildman–Crippen LogP) is 5.32.